The summed E-state index contributed by atoms with van der Waals surface area (Å²) < 4.78 is 23.8. The van der Waals surface area contributed by atoms with Crippen molar-refractivity contribution in [2.45, 2.75) is 31.7 Å². The molecule has 0 aliphatic carbocycles. The minimum Gasteiger partial charge on any atom is -0.314 e. The smallest absolute Gasteiger partial charge is 0.208 e. The van der Waals surface area contributed by atoms with Gasteiger partial charge in [-0.1, -0.05) is 6.42 Å². The summed E-state index contributed by atoms with van der Waals surface area (Å²) in [5.74, 6) is 0. The molecule has 1 atom stereocenters. The van der Waals surface area contributed by atoms with Crippen molar-refractivity contribution in [1.29, 1.82) is 0 Å². The number of nitrogens with one attached hydrogen (secondary N) is 2. The van der Waals surface area contributed by atoms with Crippen molar-refractivity contribution in [1.82, 2.24) is 10.0 Å². The molecule has 0 bridgehead atoms. The molecule has 0 saturated carbocycles. The summed E-state index contributed by atoms with van der Waals surface area (Å²) in [5.41, 5.74) is 0. The van der Waals surface area contributed by atoms with E-state index >= 15 is 0 Å². The summed E-state index contributed by atoms with van der Waals surface area (Å²) in [6, 6.07) is 0.693. The highest BCUT2D eigenvalue weighted by Gasteiger charge is 2.14. The third kappa shape index (κ3) is 5.23. The number of sulfonamides is 1. The lowest BCUT2D eigenvalue weighted by Gasteiger charge is -2.27. The molecule has 0 spiro atoms. The van der Waals surface area contributed by atoms with Gasteiger partial charge in [0.25, 0.3) is 0 Å². The van der Waals surface area contributed by atoms with Gasteiger partial charge in [0.2, 0.25) is 10.0 Å². The van der Waals surface area contributed by atoms with Crippen LogP contribution < -0.4 is 10.0 Å². The van der Waals surface area contributed by atoms with E-state index in [0.717, 1.165) is 19.4 Å². The van der Waals surface area contributed by atoms with Crippen molar-refractivity contribution in [2.24, 2.45) is 0 Å². The molecule has 1 aliphatic heterocycles. The minimum absolute atomic E-state index is 0.575. The van der Waals surface area contributed by atoms with Crippen molar-refractivity contribution < 1.29 is 8.42 Å². The van der Waals surface area contributed by atoms with E-state index in [1.54, 1.807) is 0 Å². The Bertz CT molecular complexity index is 235. The molecule has 1 heterocycles. The average molecular weight is 206 g/mol. The number of hydrogen-bond donors (Lipinski definition) is 2. The van der Waals surface area contributed by atoms with Gasteiger partial charge in [0.05, 0.1) is 6.26 Å². The van der Waals surface area contributed by atoms with Gasteiger partial charge in [0.15, 0.2) is 0 Å². The topological polar surface area (TPSA) is 58.2 Å². The molecule has 1 aliphatic rings. The molecule has 1 unspecified atom stereocenters. The molecular weight excluding hydrogens is 188 g/mol. The van der Waals surface area contributed by atoms with Crippen molar-refractivity contribution in [3.05, 3.63) is 0 Å². The molecule has 1 fully saturated rings. The van der Waals surface area contributed by atoms with E-state index in [1.807, 2.05) is 0 Å². The standard InChI is InChI=1S/C8H18N2O2S/c1-13(11,12)10-6-3-2-4-8-5-7-9-8/h8-10H,2-7H2,1H3. The fourth-order valence-corrected chi connectivity index (χ4v) is 1.88. The van der Waals surface area contributed by atoms with Gasteiger partial charge in [-0.3, -0.25) is 0 Å². The second-order valence-electron chi connectivity index (χ2n) is 3.60. The van der Waals surface area contributed by atoms with E-state index in [2.05, 4.69) is 10.0 Å². The minimum atomic E-state index is -2.98. The largest absolute Gasteiger partial charge is 0.314 e. The van der Waals surface area contributed by atoms with Crippen LogP contribution in [0.2, 0.25) is 0 Å². The highest BCUT2D eigenvalue weighted by molar-refractivity contribution is 7.88. The fraction of sp³-hybridized carbons (Fsp3) is 1.00. The third-order valence-corrected chi connectivity index (χ3v) is 3.00. The average Bonchev–Trinajstić information content (AvgIpc) is 1.90. The molecule has 0 radical (unpaired) electrons. The van der Waals surface area contributed by atoms with Crippen LogP contribution in [0.15, 0.2) is 0 Å². The molecule has 0 aromatic heterocycles. The van der Waals surface area contributed by atoms with Gasteiger partial charge in [-0.25, -0.2) is 13.1 Å². The van der Waals surface area contributed by atoms with Gasteiger partial charge in [-0.2, -0.15) is 0 Å². The quantitative estimate of drug-likeness (QED) is 0.605. The highest BCUT2D eigenvalue weighted by atomic mass is 32.2. The molecular formula is C8H18N2O2S. The first-order valence-electron chi connectivity index (χ1n) is 4.76. The van der Waals surface area contributed by atoms with E-state index in [0.29, 0.717) is 12.6 Å². The predicted octanol–water partition coefficient (Wildman–Crippen LogP) is 0.0678. The highest BCUT2D eigenvalue weighted by Crippen LogP contribution is 2.09. The lowest BCUT2D eigenvalue weighted by molar-refractivity contribution is 0.341. The van der Waals surface area contributed by atoms with Crippen LogP contribution in [0.5, 0.6) is 0 Å². The first-order valence-corrected chi connectivity index (χ1v) is 6.65. The number of hydrogen-bond acceptors (Lipinski definition) is 3. The maximum atomic E-state index is 10.7. The molecule has 2 N–H and O–H groups in total. The van der Waals surface area contributed by atoms with Crippen LogP contribution in [-0.2, 0) is 10.0 Å². The maximum absolute atomic E-state index is 10.7. The zero-order valence-corrected chi connectivity index (χ0v) is 8.86. The normalized spacial score (nSPS) is 22.7. The van der Waals surface area contributed by atoms with E-state index < -0.39 is 10.0 Å². The van der Waals surface area contributed by atoms with Crippen molar-refractivity contribution in [2.75, 3.05) is 19.3 Å². The Balaban J connectivity index is 1.89. The van der Waals surface area contributed by atoms with Gasteiger partial charge in [0.1, 0.15) is 0 Å². The van der Waals surface area contributed by atoms with E-state index in [-0.39, 0.29) is 0 Å². The molecule has 5 heteroatoms. The van der Waals surface area contributed by atoms with E-state index in [1.165, 1.54) is 19.1 Å². The first-order chi connectivity index (χ1) is 6.08. The zero-order valence-electron chi connectivity index (χ0n) is 8.04. The van der Waals surface area contributed by atoms with Gasteiger partial charge in [-0.05, 0) is 25.8 Å². The second kappa shape index (κ2) is 4.93. The van der Waals surface area contributed by atoms with Gasteiger partial charge >= 0.3 is 0 Å². The Morgan fingerprint density at radius 3 is 2.62 bits per heavy atom. The third-order valence-electron chi connectivity index (χ3n) is 2.27. The Morgan fingerprint density at radius 1 is 1.46 bits per heavy atom. The van der Waals surface area contributed by atoms with Crippen LogP contribution in [0.4, 0.5) is 0 Å². The van der Waals surface area contributed by atoms with Gasteiger partial charge in [-0.15, -0.1) is 0 Å². The van der Waals surface area contributed by atoms with Crippen molar-refractivity contribution in [3.63, 3.8) is 0 Å². The Kier molecular flexibility index (Phi) is 4.15. The molecule has 0 amide bonds. The summed E-state index contributed by atoms with van der Waals surface area (Å²) in [6.45, 7) is 1.72. The lowest BCUT2D eigenvalue weighted by Crippen LogP contribution is -2.42. The van der Waals surface area contributed by atoms with Gasteiger partial charge < -0.3 is 5.32 Å². The summed E-state index contributed by atoms with van der Waals surface area (Å²) >= 11 is 0. The Hall–Kier alpha value is -0.130. The summed E-state index contributed by atoms with van der Waals surface area (Å²) in [7, 11) is -2.98. The molecule has 0 aromatic carbocycles. The molecule has 1 saturated heterocycles. The molecule has 4 nitrogen and oxygen atoms in total. The summed E-state index contributed by atoms with van der Waals surface area (Å²) in [6.07, 6.45) is 5.68. The van der Waals surface area contributed by atoms with E-state index in [4.69, 9.17) is 0 Å². The predicted molar refractivity (Wildman–Crippen MR) is 53.1 cm³/mol. The number of unbranched alkanes of at least 4 members (excludes halogenated alkanes) is 1. The van der Waals surface area contributed by atoms with Gasteiger partial charge in [0, 0.05) is 12.6 Å². The summed E-state index contributed by atoms with van der Waals surface area (Å²) in [4.78, 5) is 0. The Morgan fingerprint density at radius 2 is 2.15 bits per heavy atom. The van der Waals surface area contributed by atoms with E-state index in [9.17, 15) is 8.42 Å². The lowest BCUT2D eigenvalue weighted by atomic mass is 10.0. The molecule has 1 rings (SSSR count). The maximum Gasteiger partial charge on any atom is 0.208 e. The first kappa shape index (κ1) is 10.9. The molecule has 0 aromatic rings. The van der Waals surface area contributed by atoms with Crippen LogP contribution in [0.25, 0.3) is 0 Å². The monoisotopic (exact) mass is 206 g/mol. The van der Waals surface area contributed by atoms with Crippen LogP contribution in [-0.4, -0.2) is 33.8 Å². The zero-order chi connectivity index (χ0) is 9.73. The Labute approximate surface area is 80.1 Å². The second-order valence-corrected chi connectivity index (χ2v) is 5.44. The van der Waals surface area contributed by atoms with Crippen molar-refractivity contribution in [3.8, 4) is 0 Å². The van der Waals surface area contributed by atoms with Crippen LogP contribution in [0.3, 0.4) is 0 Å². The molecule has 78 valence electrons. The van der Waals surface area contributed by atoms with Crippen LogP contribution in [0, 0.1) is 0 Å². The number of rotatable bonds is 6. The molecule has 13 heavy (non-hydrogen) atoms. The van der Waals surface area contributed by atoms with Crippen LogP contribution in [0.1, 0.15) is 25.7 Å². The van der Waals surface area contributed by atoms with Crippen LogP contribution >= 0.6 is 0 Å². The SMILES string of the molecule is CS(=O)(=O)NCCCCC1CCN1. The van der Waals surface area contributed by atoms with Crippen molar-refractivity contribution >= 4 is 10.0 Å². The fourth-order valence-electron chi connectivity index (χ4n) is 1.37. The summed E-state index contributed by atoms with van der Waals surface area (Å²) in [5, 5.41) is 3.31.